The van der Waals surface area contributed by atoms with Gasteiger partial charge in [-0.3, -0.25) is 14.5 Å². The number of imide groups is 1. The van der Waals surface area contributed by atoms with Crippen LogP contribution in [-0.2, 0) is 16.1 Å². The number of hydrogen-bond acceptors (Lipinski definition) is 3. The number of carbonyl (C=O) groups excluding carboxylic acids is 3. The maximum Gasteiger partial charge on any atom is 0.324 e. The van der Waals surface area contributed by atoms with E-state index in [2.05, 4.69) is 10.6 Å². The molecule has 1 heterocycles. The highest BCUT2D eigenvalue weighted by Crippen LogP contribution is 2.14. The first-order valence-electron chi connectivity index (χ1n) is 6.87. The zero-order valence-corrected chi connectivity index (χ0v) is 12.2. The van der Waals surface area contributed by atoms with E-state index < -0.39 is 6.03 Å². The van der Waals surface area contributed by atoms with Crippen LogP contribution in [0.2, 0.25) is 0 Å². The summed E-state index contributed by atoms with van der Waals surface area (Å²) in [4.78, 5) is 35.9. The summed E-state index contributed by atoms with van der Waals surface area (Å²) in [5, 5.41) is 5.19. The van der Waals surface area contributed by atoms with Gasteiger partial charge in [0.05, 0.1) is 13.1 Å². The van der Waals surface area contributed by atoms with Crippen molar-refractivity contribution in [3.63, 3.8) is 0 Å². The Morgan fingerprint density at radius 3 is 2.86 bits per heavy atom. The molecule has 2 rings (SSSR count). The maximum atomic E-state index is 11.7. The quantitative estimate of drug-likeness (QED) is 0.494. The molecule has 114 valence electrons. The predicted octanol–water partition coefficient (Wildman–Crippen LogP) is 1.81. The summed E-state index contributed by atoms with van der Waals surface area (Å²) in [5.74, 6) is -0.501. The Hall–Kier alpha value is -2.89. The lowest BCUT2D eigenvalue weighted by atomic mass is 10.2. The average Bonchev–Trinajstić information content (AvgIpc) is 2.80. The third-order valence-electron chi connectivity index (χ3n) is 3.02. The number of rotatable bonds is 5. The van der Waals surface area contributed by atoms with Gasteiger partial charge in [0.2, 0.25) is 11.8 Å². The van der Waals surface area contributed by atoms with Crippen molar-refractivity contribution in [2.75, 3.05) is 11.9 Å². The van der Waals surface area contributed by atoms with Crippen LogP contribution in [0.15, 0.2) is 48.6 Å². The molecule has 6 nitrogen and oxygen atoms in total. The van der Waals surface area contributed by atoms with Gasteiger partial charge in [-0.25, -0.2) is 4.79 Å². The van der Waals surface area contributed by atoms with Crippen LogP contribution in [0.3, 0.4) is 0 Å². The second-order valence-corrected chi connectivity index (χ2v) is 4.71. The van der Waals surface area contributed by atoms with Gasteiger partial charge in [-0.15, -0.1) is 0 Å². The van der Waals surface area contributed by atoms with Gasteiger partial charge in [-0.2, -0.15) is 0 Å². The SMILES string of the molecule is C/C=C/C=C/C(=O)Nc1cccc(CN2C(=O)CNC2=O)c1. The lowest BCUT2D eigenvalue weighted by molar-refractivity contribution is -0.125. The predicted molar refractivity (Wildman–Crippen MR) is 83.0 cm³/mol. The zero-order valence-electron chi connectivity index (χ0n) is 12.2. The number of nitrogens with zero attached hydrogens (tertiary/aromatic N) is 1. The Kier molecular flexibility index (Phi) is 5.08. The van der Waals surface area contributed by atoms with E-state index in [0.717, 1.165) is 10.5 Å². The van der Waals surface area contributed by atoms with Crippen LogP contribution in [0, 0.1) is 0 Å². The summed E-state index contributed by atoms with van der Waals surface area (Å²) in [6, 6.07) is 6.65. The fourth-order valence-corrected chi connectivity index (χ4v) is 1.98. The maximum absolute atomic E-state index is 11.7. The molecule has 22 heavy (non-hydrogen) atoms. The van der Waals surface area contributed by atoms with E-state index in [1.54, 1.807) is 36.4 Å². The number of carbonyl (C=O) groups is 3. The molecule has 0 aromatic heterocycles. The normalized spacial score (nSPS) is 14.9. The number of anilines is 1. The van der Waals surface area contributed by atoms with Crippen LogP contribution >= 0.6 is 0 Å². The highest BCUT2D eigenvalue weighted by atomic mass is 16.2. The van der Waals surface area contributed by atoms with Gasteiger partial charge in [0.15, 0.2) is 0 Å². The van der Waals surface area contributed by atoms with Crippen molar-refractivity contribution in [1.29, 1.82) is 0 Å². The minimum atomic E-state index is -0.395. The van der Waals surface area contributed by atoms with Crippen molar-refractivity contribution >= 4 is 23.5 Å². The fourth-order valence-electron chi connectivity index (χ4n) is 1.98. The minimum Gasteiger partial charge on any atom is -0.329 e. The molecule has 1 aliphatic rings. The van der Waals surface area contributed by atoms with Crippen molar-refractivity contribution in [2.24, 2.45) is 0 Å². The molecule has 0 atom stereocenters. The number of amides is 4. The van der Waals surface area contributed by atoms with Gasteiger partial charge in [-0.1, -0.05) is 30.4 Å². The van der Waals surface area contributed by atoms with E-state index in [-0.39, 0.29) is 24.9 Å². The van der Waals surface area contributed by atoms with Gasteiger partial charge in [-0.05, 0) is 24.6 Å². The van der Waals surface area contributed by atoms with Crippen LogP contribution in [0.25, 0.3) is 0 Å². The first-order chi connectivity index (χ1) is 10.6. The number of urea groups is 1. The van der Waals surface area contributed by atoms with Crippen LogP contribution in [-0.4, -0.2) is 29.3 Å². The number of benzene rings is 1. The van der Waals surface area contributed by atoms with E-state index in [9.17, 15) is 14.4 Å². The lowest BCUT2D eigenvalue weighted by Gasteiger charge is -2.13. The Bertz CT molecular complexity index is 634. The van der Waals surface area contributed by atoms with Gasteiger partial charge in [0, 0.05) is 11.8 Å². The van der Waals surface area contributed by atoms with E-state index >= 15 is 0 Å². The molecule has 1 fully saturated rings. The largest absolute Gasteiger partial charge is 0.329 e. The van der Waals surface area contributed by atoms with Crippen LogP contribution < -0.4 is 10.6 Å². The first-order valence-corrected chi connectivity index (χ1v) is 6.87. The summed E-state index contributed by atoms with van der Waals surface area (Å²) in [7, 11) is 0. The van der Waals surface area contributed by atoms with Crippen LogP contribution in [0.5, 0.6) is 0 Å². The van der Waals surface area contributed by atoms with E-state index in [1.165, 1.54) is 6.08 Å². The molecule has 4 amide bonds. The van der Waals surface area contributed by atoms with Crippen LogP contribution in [0.4, 0.5) is 10.5 Å². The molecule has 0 spiro atoms. The molecule has 1 aliphatic heterocycles. The third-order valence-corrected chi connectivity index (χ3v) is 3.02. The van der Waals surface area contributed by atoms with Gasteiger partial charge < -0.3 is 10.6 Å². The summed E-state index contributed by atoms with van der Waals surface area (Å²) in [6.07, 6.45) is 6.65. The Morgan fingerprint density at radius 2 is 2.18 bits per heavy atom. The Morgan fingerprint density at radius 1 is 1.36 bits per heavy atom. The van der Waals surface area contributed by atoms with Crippen molar-refractivity contribution in [2.45, 2.75) is 13.5 Å². The summed E-state index contributed by atoms with van der Waals surface area (Å²) < 4.78 is 0. The van der Waals surface area contributed by atoms with Crippen molar-refractivity contribution in [3.05, 3.63) is 54.1 Å². The zero-order chi connectivity index (χ0) is 15.9. The monoisotopic (exact) mass is 299 g/mol. The Balaban J connectivity index is 2.02. The smallest absolute Gasteiger partial charge is 0.324 e. The van der Waals surface area contributed by atoms with E-state index in [4.69, 9.17) is 0 Å². The fraction of sp³-hybridized carbons (Fsp3) is 0.188. The first kappa shape index (κ1) is 15.5. The molecule has 2 N–H and O–H groups in total. The van der Waals surface area contributed by atoms with E-state index in [1.807, 2.05) is 13.0 Å². The molecule has 0 bridgehead atoms. The highest BCUT2D eigenvalue weighted by Gasteiger charge is 2.28. The molecule has 6 heteroatoms. The average molecular weight is 299 g/mol. The van der Waals surface area contributed by atoms with Crippen LogP contribution in [0.1, 0.15) is 12.5 Å². The molecule has 0 aliphatic carbocycles. The topological polar surface area (TPSA) is 78.5 Å². The molecule has 1 saturated heterocycles. The van der Waals surface area contributed by atoms with Crippen molar-refractivity contribution in [3.8, 4) is 0 Å². The standard InChI is InChI=1S/C16H17N3O3/c1-2-3-4-8-14(20)18-13-7-5-6-12(9-13)11-19-15(21)10-17-16(19)22/h2-9H,10-11H2,1H3,(H,17,22)(H,18,20)/b3-2+,8-4+. The second kappa shape index (κ2) is 7.21. The van der Waals surface area contributed by atoms with Crippen molar-refractivity contribution in [1.82, 2.24) is 10.2 Å². The van der Waals surface area contributed by atoms with Gasteiger partial charge >= 0.3 is 6.03 Å². The van der Waals surface area contributed by atoms with E-state index in [0.29, 0.717) is 5.69 Å². The Labute approximate surface area is 128 Å². The number of nitrogens with one attached hydrogen (secondary N) is 2. The second-order valence-electron chi connectivity index (χ2n) is 4.71. The summed E-state index contributed by atoms with van der Waals surface area (Å²) in [5.41, 5.74) is 1.38. The van der Waals surface area contributed by atoms with Crippen molar-refractivity contribution < 1.29 is 14.4 Å². The number of hydrogen-bond donors (Lipinski definition) is 2. The van der Waals surface area contributed by atoms with Gasteiger partial charge in [0.25, 0.3) is 0 Å². The number of allylic oxidation sites excluding steroid dienone is 3. The minimum absolute atomic E-state index is 0.0327. The molecule has 1 aromatic carbocycles. The lowest BCUT2D eigenvalue weighted by Crippen LogP contribution is -2.30. The summed E-state index contributed by atoms with van der Waals surface area (Å²) >= 11 is 0. The molecule has 0 saturated carbocycles. The molecule has 0 unspecified atom stereocenters. The molecule has 0 radical (unpaired) electrons. The summed E-state index contributed by atoms with van der Waals surface area (Å²) in [6.45, 7) is 2.08. The third kappa shape index (κ3) is 4.05. The molecule has 1 aromatic rings. The molecular formula is C16H17N3O3. The highest BCUT2D eigenvalue weighted by molar-refractivity contribution is 6.02. The molecular weight excluding hydrogens is 282 g/mol. The van der Waals surface area contributed by atoms with Gasteiger partial charge in [0.1, 0.15) is 0 Å².